The fraction of sp³-hybridized carbons (Fsp3) is 0.235. The summed E-state index contributed by atoms with van der Waals surface area (Å²) in [6.45, 7) is 1.27. The molecule has 2 aromatic rings. The molecule has 0 unspecified atom stereocenters. The summed E-state index contributed by atoms with van der Waals surface area (Å²) in [5, 5.41) is 0.287. The van der Waals surface area contributed by atoms with E-state index in [4.69, 9.17) is 11.6 Å². The molecule has 1 saturated heterocycles. The van der Waals surface area contributed by atoms with E-state index in [9.17, 15) is 17.6 Å². The van der Waals surface area contributed by atoms with Crippen molar-refractivity contribution in [1.29, 1.82) is 0 Å². The van der Waals surface area contributed by atoms with Crippen molar-refractivity contribution in [3.63, 3.8) is 0 Å². The average Bonchev–Trinajstić information content (AvgIpc) is 3.08. The molecule has 1 heterocycles. The Hall–Kier alpha value is -2.12. The van der Waals surface area contributed by atoms with E-state index in [0.717, 1.165) is 25.0 Å². The predicted octanol–water partition coefficient (Wildman–Crippen LogP) is 3.52. The highest BCUT2D eigenvalue weighted by Crippen LogP contribution is 2.26. The molecule has 0 spiro atoms. The highest BCUT2D eigenvalue weighted by Gasteiger charge is 2.24. The second kappa shape index (κ2) is 7.01. The summed E-state index contributed by atoms with van der Waals surface area (Å²) in [6.07, 6.45) is 1.84. The molecule has 2 aromatic carbocycles. The van der Waals surface area contributed by atoms with Gasteiger partial charge in [-0.3, -0.25) is 9.52 Å². The number of amides is 1. The van der Waals surface area contributed by atoms with Crippen LogP contribution in [-0.4, -0.2) is 32.3 Å². The molecule has 25 heavy (non-hydrogen) atoms. The average molecular weight is 383 g/mol. The van der Waals surface area contributed by atoms with Gasteiger partial charge >= 0.3 is 0 Å². The van der Waals surface area contributed by atoms with Crippen molar-refractivity contribution in [3.8, 4) is 0 Å². The zero-order chi connectivity index (χ0) is 18.0. The molecule has 8 heteroatoms. The van der Waals surface area contributed by atoms with Crippen LogP contribution in [0, 0.1) is 5.82 Å². The molecule has 0 radical (unpaired) electrons. The summed E-state index contributed by atoms with van der Waals surface area (Å²) in [5.74, 6) is -0.923. The minimum absolute atomic E-state index is 0.0775. The highest BCUT2D eigenvalue weighted by atomic mass is 35.5. The Morgan fingerprint density at radius 1 is 1.12 bits per heavy atom. The molecule has 0 aliphatic carbocycles. The van der Waals surface area contributed by atoms with Crippen molar-refractivity contribution in [2.24, 2.45) is 0 Å². The number of hydrogen-bond donors (Lipinski definition) is 1. The SMILES string of the molecule is O=C(c1ccc(Cl)cc1NS(=O)(=O)c1cccc(F)c1)N1CCCC1. The van der Waals surface area contributed by atoms with Gasteiger partial charge in [-0.05, 0) is 49.2 Å². The summed E-state index contributed by atoms with van der Waals surface area (Å²) in [5.41, 5.74) is 0.292. The van der Waals surface area contributed by atoms with E-state index in [2.05, 4.69) is 4.72 Å². The molecule has 5 nitrogen and oxygen atoms in total. The number of benzene rings is 2. The lowest BCUT2D eigenvalue weighted by molar-refractivity contribution is 0.0794. The van der Waals surface area contributed by atoms with Crippen LogP contribution >= 0.6 is 11.6 Å². The Morgan fingerprint density at radius 2 is 1.84 bits per heavy atom. The van der Waals surface area contributed by atoms with Crippen LogP contribution in [0.25, 0.3) is 0 Å². The fourth-order valence-electron chi connectivity index (χ4n) is 2.72. The maximum atomic E-state index is 13.3. The quantitative estimate of drug-likeness (QED) is 0.879. The monoisotopic (exact) mass is 382 g/mol. The summed E-state index contributed by atoms with van der Waals surface area (Å²) in [7, 11) is -4.05. The van der Waals surface area contributed by atoms with Gasteiger partial charge in [0, 0.05) is 18.1 Å². The minimum Gasteiger partial charge on any atom is -0.339 e. The van der Waals surface area contributed by atoms with Gasteiger partial charge in [0.2, 0.25) is 0 Å². The van der Waals surface area contributed by atoms with Gasteiger partial charge in [0.05, 0.1) is 16.1 Å². The predicted molar refractivity (Wildman–Crippen MR) is 93.8 cm³/mol. The van der Waals surface area contributed by atoms with E-state index in [1.54, 1.807) is 4.90 Å². The number of sulfonamides is 1. The van der Waals surface area contributed by atoms with E-state index >= 15 is 0 Å². The van der Waals surface area contributed by atoms with Crippen LogP contribution in [0.1, 0.15) is 23.2 Å². The summed E-state index contributed by atoms with van der Waals surface area (Å²) in [6, 6.07) is 9.05. The zero-order valence-corrected chi connectivity index (χ0v) is 14.8. The Bertz CT molecular complexity index is 912. The molecule has 0 aromatic heterocycles. The second-order valence-electron chi connectivity index (χ2n) is 5.75. The first-order valence-corrected chi connectivity index (χ1v) is 9.60. The number of nitrogens with zero attached hydrogens (tertiary/aromatic N) is 1. The van der Waals surface area contributed by atoms with E-state index in [1.807, 2.05) is 0 Å². The summed E-state index contributed by atoms with van der Waals surface area (Å²) >= 11 is 5.96. The fourth-order valence-corrected chi connectivity index (χ4v) is 3.99. The minimum atomic E-state index is -4.05. The van der Waals surface area contributed by atoms with Crippen LogP contribution in [0.4, 0.5) is 10.1 Å². The number of nitrogens with one attached hydrogen (secondary N) is 1. The molecule has 132 valence electrons. The van der Waals surface area contributed by atoms with Gasteiger partial charge in [-0.1, -0.05) is 17.7 Å². The lowest BCUT2D eigenvalue weighted by atomic mass is 10.1. The van der Waals surface area contributed by atoms with Crippen molar-refractivity contribution >= 4 is 33.2 Å². The molecular weight excluding hydrogens is 367 g/mol. The maximum absolute atomic E-state index is 13.3. The second-order valence-corrected chi connectivity index (χ2v) is 7.87. The molecule has 1 fully saturated rings. The smallest absolute Gasteiger partial charge is 0.262 e. The largest absolute Gasteiger partial charge is 0.339 e. The summed E-state index contributed by atoms with van der Waals surface area (Å²) in [4.78, 5) is 14.1. The molecule has 3 rings (SSSR count). The molecule has 1 N–H and O–H groups in total. The first-order chi connectivity index (χ1) is 11.9. The van der Waals surface area contributed by atoms with E-state index in [0.29, 0.717) is 13.1 Å². The van der Waals surface area contributed by atoms with Gasteiger partial charge < -0.3 is 4.90 Å². The Labute approximate surface area is 150 Å². The zero-order valence-electron chi connectivity index (χ0n) is 13.2. The van der Waals surface area contributed by atoms with Crippen LogP contribution in [0.15, 0.2) is 47.4 Å². The normalized spacial score (nSPS) is 14.6. The number of anilines is 1. The molecular formula is C17H16ClFN2O3S. The van der Waals surface area contributed by atoms with Crippen molar-refractivity contribution in [1.82, 2.24) is 4.90 Å². The number of hydrogen-bond acceptors (Lipinski definition) is 3. The van der Waals surface area contributed by atoms with Gasteiger partial charge in [-0.2, -0.15) is 0 Å². The molecule has 0 bridgehead atoms. The van der Waals surface area contributed by atoms with Crippen LogP contribution in [0.3, 0.4) is 0 Å². The van der Waals surface area contributed by atoms with Crippen LogP contribution in [0.2, 0.25) is 5.02 Å². The molecule has 1 amide bonds. The van der Waals surface area contributed by atoms with Crippen LogP contribution < -0.4 is 4.72 Å². The Balaban J connectivity index is 1.96. The van der Waals surface area contributed by atoms with E-state index in [-0.39, 0.29) is 27.1 Å². The van der Waals surface area contributed by atoms with Crippen molar-refractivity contribution in [2.75, 3.05) is 17.8 Å². The number of rotatable bonds is 4. The van der Waals surface area contributed by atoms with E-state index in [1.165, 1.54) is 30.3 Å². The lowest BCUT2D eigenvalue weighted by Crippen LogP contribution is -2.28. The van der Waals surface area contributed by atoms with Gasteiger partial charge in [0.1, 0.15) is 5.82 Å². The standard InChI is InChI=1S/C17H16ClFN2O3S/c18-12-6-7-15(17(22)21-8-1-2-9-21)16(10-12)20-25(23,24)14-5-3-4-13(19)11-14/h3-7,10-11,20H,1-2,8-9H2. The third kappa shape index (κ3) is 3.93. The van der Waals surface area contributed by atoms with Gasteiger partial charge in [-0.25, -0.2) is 12.8 Å². The number of halogens is 2. The molecule has 0 atom stereocenters. The summed E-state index contributed by atoms with van der Waals surface area (Å²) < 4.78 is 40.7. The Kier molecular flexibility index (Phi) is 4.96. The van der Waals surface area contributed by atoms with Crippen LogP contribution in [0.5, 0.6) is 0 Å². The molecule has 1 aliphatic rings. The third-order valence-electron chi connectivity index (χ3n) is 3.96. The maximum Gasteiger partial charge on any atom is 0.262 e. The van der Waals surface area contributed by atoms with Gasteiger partial charge in [0.15, 0.2) is 0 Å². The topological polar surface area (TPSA) is 66.5 Å². The number of carbonyl (C=O) groups excluding carboxylic acids is 1. The lowest BCUT2D eigenvalue weighted by Gasteiger charge is -2.18. The highest BCUT2D eigenvalue weighted by molar-refractivity contribution is 7.92. The number of carbonyl (C=O) groups is 1. The molecule has 0 saturated carbocycles. The first-order valence-electron chi connectivity index (χ1n) is 7.74. The van der Waals surface area contributed by atoms with Gasteiger partial charge in [-0.15, -0.1) is 0 Å². The van der Waals surface area contributed by atoms with E-state index < -0.39 is 15.8 Å². The van der Waals surface area contributed by atoms with Gasteiger partial charge in [0.25, 0.3) is 15.9 Å². The van der Waals surface area contributed by atoms with Crippen molar-refractivity contribution in [2.45, 2.75) is 17.7 Å². The first kappa shape index (κ1) is 17.7. The Morgan fingerprint density at radius 3 is 2.52 bits per heavy atom. The van der Waals surface area contributed by atoms with Crippen molar-refractivity contribution in [3.05, 3.63) is 58.9 Å². The van der Waals surface area contributed by atoms with Crippen LogP contribution in [-0.2, 0) is 10.0 Å². The third-order valence-corrected chi connectivity index (χ3v) is 5.55. The molecule has 1 aliphatic heterocycles. The van der Waals surface area contributed by atoms with Crippen molar-refractivity contribution < 1.29 is 17.6 Å². The number of likely N-dealkylation sites (tertiary alicyclic amines) is 1.